The Balaban J connectivity index is 1.63. The molecule has 0 aliphatic carbocycles. The van der Waals surface area contributed by atoms with Crippen LogP contribution in [0.3, 0.4) is 0 Å². The molecule has 1 aliphatic heterocycles. The summed E-state index contributed by atoms with van der Waals surface area (Å²) in [6.07, 6.45) is 1.32. The summed E-state index contributed by atoms with van der Waals surface area (Å²) >= 11 is 0. The number of fused-ring (bicyclic) bond motifs is 1. The molecule has 152 valence electrons. The van der Waals surface area contributed by atoms with Crippen LogP contribution in [0.4, 0.5) is 10.5 Å². The van der Waals surface area contributed by atoms with Crippen LogP contribution in [0.25, 0.3) is 11.0 Å². The summed E-state index contributed by atoms with van der Waals surface area (Å²) in [5.41, 5.74) is 2.20. The van der Waals surface area contributed by atoms with E-state index in [4.69, 9.17) is 0 Å². The van der Waals surface area contributed by atoms with E-state index in [0.717, 1.165) is 11.0 Å². The molecule has 2 heterocycles. The lowest BCUT2D eigenvalue weighted by atomic mass is 9.96. The van der Waals surface area contributed by atoms with Gasteiger partial charge in [-0.1, -0.05) is 0 Å². The van der Waals surface area contributed by atoms with Gasteiger partial charge in [0.05, 0.1) is 11.0 Å². The van der Waals surface area contributed by atoms with Crippen LogP contribution in [0.15, 0.2) is 23.0 Å². The Morgan fingerprint density at radius 2 is 1.68 bits per heavy atom. The third-order valence-corrected chi connectivity index (χ3v) is 5.71. The van der Waals surface area contributed by atoms with Crippen LogP contribution in [-0.4, -0.2) is 57.1 Å². The molecule has 0 radical (unpaired) electrons. The first kappa shape index (κ1) is 20.0. The van der Waals surface area contributed by atoms with Crippen LogP contribution in [0, 0.1) is 5.92 Å². The summed E-state index contributed by atoms with van der Waals surface area (Å²) in [7, 11) is 3.45. The number of anilines is 1. The Morgan fingerprint density at radius 1 is 1.07 bits per heavy atom. The fourth-order valence-electron chi connectivity index (χ4n) is 3.86. The Bertz CT molecular complexity index is 933. The van der Waals surface area contributed by atoms with Gasteiger partial charge >= 0.3 is 11.7 Å². The fraction of sp³-hybridized carbons (Fsp3) is 0.550. The minimum atomic E-state index is -0.115. The van der Waals surface area contributed by atoms with Crippen molar-refractivity contribution >= 4 is 28.7 Å². The number of carbonyl (C=O) groups excluding carboxylic acids is 2. The molecule has 28 heavy (non-hydrogen) atoms. The van der Waals surface area contributed by atoms with Crippen LogP contribution in [0.2, 0.25) is 0 Å². The average molecular weight is 387 g/mol. The van der Waals surface area contributed by atoms with E-state index in [-0.39, 0.29) is 23.5 Å². The van der Waals surface area contributed by atoms with E-state index in [1.165, 1.54) is 0 Å². The van der Waals surface area contributed by atoms with Crippen LogP contribution >= 0.6 is 0 Å². The van der Waals surface area contributed by atoms with Crippen molar-refractivity contribution in [1.29, 1.82) is 0 Å². The first-order valence-electron chi connectivity index (χ1n) is 9.87. The largest absolute Gasteiger partial charge is 0.328 e. The number of piperidine rings is 1. The normalized spacial score (nSPS) is 15.1. The third kappa shape index (κ3) is 3.63. The zero-order valence-corrected chi connectivity index (χ0v) is 17.1. The molecule has 2 aromatic rings. The van der Waals surface area contributed by atoms with Crippen molar-refractivity contribution in [2.24, 2.45) is 20.0 Å². The zero-order valence-electron chi connectivity index (χ0n) is 17.1. The molecule has 0 atom stereocenters. The number of nitrogens with zero attached hydrogens (tertiary/aromatic N) is 4. The predicted molar refractivity (Wildman–Crippen MR) is 109 cm³/mol. The maximum Gasteiger partial charge on any atom is 0.328 e. The second-order valence-corrected chi connectivity index (χ2v) is 7.31. The summed E-state index contributed by atoms with van der Waals surface area (Å²) < 4.78 is 3.16. The lowest BCUT2D eigenvalue weighted by Crippen LogP contribution is -2.47. The molecule has 3 rings (SSSR count). The van der Waals surface area contributed by atoms with Gasteiger partial charge in [0.2, 0.25) is 5.91 Å². The number of likely N-dealkylation sites (tertiary alicyclic amines) is 1. The minimum Gasteiger partial charge on any atom is -0.326 e. The predicted octanol–water partition coefficient (Wildman–Crippen LogP) is 1.99. The van der Waals surface area contributed by atoms with Crippen molar-refractivity contribution in [3.8, 4) is 0 Å². The van der Waals surface area contributed by atoms with E-state index in [1.54, 1.807) is 28.1 Å². The van der Waals surface area contributed by atoms with E-state index in [1.807, 2.05) is 36.9 Å². The van der Waals surface area contributed by atoms with Gasteiger partial charge in [-0.25, -0.2) is 9.59 Å². The number of imidazole rings is 1. The fourth-order valence-corrected chi connectivity index (χ4v) is 3.86. The molecule has 0 spiro atoms. The molecule has 0 unspecified atom stereocenters. The summed E-state index contributed by atoms with van der Waals surface area (Å²) in [6.45, 7) is 6.53. The number of aromatic nitrogens is 2. The molecule has 1 fully saturated rings. The lowest BCUT2D eigenvalue weighted by Gasteiger charge is -2.34. The highest BCUT2D eigenvalue weighted by Crippen LogP contribution is 2.22. The molecule has 1 aromatic heterocycles. The summed E-state index contributed by atoms with van der Waals surface area (Å²) in [5.74, 6) is -0.147. The molecule has 8 heteroatoms. The third-order valence-electron chi connectivity index (χ3n) is 5.71. The highest BCUT2D eigenvalue weighted by Gasteiger charge is 2.29. The van der Waals surface area contributed by atoms with Crippen LogP contribution in [-0.2, 0) is 18.9 Å². The van der Waals surface area contributed by atoms with Crippen molar-refractivity contribution in [3.63, 3.8) is 0 Å². The molecule has 0 bridgehead atoms. The number of hydrogen-bond acceptors (Lipinski definition) is 3. The van der Waals surface area contributed by atoms with Gasteiger partial charge in [-0.2, -0.15) is 0 Å². The average Bonchev–Trinajstić information content (AvgIpc) is 2.92. The van der Waals surface area contributed by atoms with Gasteiger partial charge in [0.15, 0.2) is 0 Å². The molecular weight excluding hydrogens is 358 g/mol. The van der Waals surface area contributed by atoms with Crippen LogP contribution in [0.1, 0.15) is 26.7 Å². The zero-order chi connectivity index (χ0) is 20.4. The number of hydrogen-bond donors (Lipinski definition) is 1. The highest BCUT2D eigenvalue weighted by atomic mass is 16.2. The van der Waals surface area contributed by atoms with Gasteiger partial charge in [0.25, 0.3) is 0 Å². The number of nitrogens with one attached hydrogen (secondary N) is 1. The van der Waals surface area contributed by atoms with E-state index in [9.17, 15) is 14.4 Å². The van der Waals surface area contributed by atoms with Crippen molar-refractivity contribution in [1.82, 2.24) is 18.9 Å². The Labute approximate surface area is 164 Å². The number of amides is 3. The van der Waals surface area contributed by atoms with E-state index >= 15 is 0 Å². The summed E-state index contributed by atoms with van der Waals surface area (Å²) in [4.78, 5) is 40.8. The van der Waals surface area contributed by atoms with E-state index in [2.05, 4.69) is 5.32 Å². The first-order valence-corrected chi connectivity index (χ1v) is 9.87. The summed E-state index contributed by atoms with van der Waals surface area (Å²) in [5, 5.41) is 2.97. The first-order chi connectivity index (χ1) is 13.4. The van der Waals surface area contributed by atoms with E-state index < -0.39 is 0 Å². The van der Waals surface area contributed by atoms with Gasteiger partial charge < -0.3 is 15.1 Å². The Morgan fingerprint density at radius 3 is 2.29 bits per heavy atom. The Kier molecular flexibility index (Phi) is 5.76. The number of urea groups is 1. The van der Waals surface area contributed by atoms with Gasteiger partial charge in [-0.15, -0.1) is 0 Å². The van der Waals surface area contributed by atoms with Crippen molar-refractivity contribution in [3.05, 3.63) is 28.7 Å². The molecule has 8 nitrogen and oxygen atoms in total. The number of benzene rings is 1. The van der Waals surface area contributed by atoms with Gasteiger partial charge in [-0.3, -0.25) is 13.9 Å². The lowest BCUT2D eigenvalue weighted by molar-refractivity contribution is -0.121. The second-order valence-electron chi connectivity index (χ2n) is 7.31. The van der Waals surface area contributed by atoms with Crippen molar-refractivity contribution < 1.29 is 9.59 Å². The van der Waals surface area contributed by atoms with Crippen molar-refractivity contribution in [2.75, 3.05) is 31.5 Å². The Hall–Kier alpha value is -2.77. The van der Waals surface area contributed by atoms with E-state index in [0.29, 0.717) is 44.7 Å². The molecule has 1 N–H and O–H groups in total. The molecule has 1 saturated heterocycles. The molecule has 1 aromatic carbocycles. The van der Waals surface area contributed by atoms with Gasteiger partial charge in [0, 0.05) is 51.9 Å². The topological polar surface area (TPSA) is 79.6 Å². The second kappa shape index (κ2) is 8.08. The smallest absolute Gasteiger partial charge is 0.326 e. The maximum atomic E-state index is 12.7. The molecular formula is C20H29N5O3. The van der Waals surface area contributed by atoms with Gasteiger partial charge in [0.1, 0.15) is 0 Å². The highest BCUT2D eigenvalue weighted by molar-refractivity contribution is 5.94. The monoisotopic (exact) mass is 387 g/mol. The van der Waals surface area contributed by atoms with Crippen molar-refractivity contribution in [2.45, 2.75) is 26.7 Å². The number of carbonyl (C=O) groups is 2. The quantitative estimate of drug-likeness (QED) is 0.871. The number of aryl methyl sites for hydroxylation is 2. The number of rotatable bonds is 4. The minimum absolute atomic E-state index is 0.0322. The molecule has 0 saturated carbocycles. The van der Waals surface area contributed by atoms with Crippen LogP contribution < -0.4 is 11.0 Å². The van der Waals surface area contributed by atoms with Crippen LogP contribution in [0.5, 0.6) is 0 Å². The maximum absolute atomic E-state index is 12.7. The molecule has 1 aliphatic rings. The summed E-state index contributed by atoms with van der Waals surface area (Å²) in [6, 6.07) is 5.55. The standard InChI is InChI=1S/C20H29N5O3/c1-5-24(6-2)20(28)25-11-9-14(10-12-25)18(26)21-15-7-8-16-17(13-15)23(4)19(27)22(16)3/h7-8,13-14H,5-6,9-12H2,1-4H3,(H,21,26). The SMILES string of the molecule is CCN(CC)C(=O)N1CCC(C(=O)Nc2ccc3c(c2)n(C)c(=O)n3C)CC1. The molecule has 3 amide bonds. The van der Waals surface area contributed by atoms with Gasteiger partial charge in [-0.05, 0) is 44.9 Å².